The largest absolute Gasteiger partial charge is 0.484 e. The standard InChI is InChI=1S/C19H23N5O4/c1-19(2,3)22-14(26)9-28-11-6-4-10(5-7-11)12-8-13(25)21-18-15(12)16(17(20)27)23-24-18/h4-7,12H,8-9H2,1-3H3,(H2,20,27)(H,22,26)(H2,21,23,24,25). The molecule has 5 N–H and O–H groups in total. The average Bonchev–Trinajstić information content (AvgIpc) is 3.02. The van der Waals surface area contributed by atoms with E-state index in [2.05, 4.69) is 20.8 Å². The van der Waals surface area contributed by atoms with Crippen LogP contribution < -0.4 is 21.1 Å². The zero-order valence-electron chi connectivity index (χ0n) is 16.0. The molecule has 2 heterocycles. The van der Waals surface area contributed by atoms with Crippen LogP contribution in [-0.4, -0.2) is 40.1 Å². The molecule has 0 fully saturated rings. The molecule has 0 saturated carbocycles. The van der Waals surface area contributed by atoms with Crippen LogP contribution in [0.25, 0.3) is 0 Å². The van der Waals surface area contributed by atoms with Crippen LogP contribution in [0.15, 0.2) is 24.3 Å². The summed E-state index contributed by atoms with van der Waals surface area (Å²) < 4.78 is 5.51. The number of anilines is 1. The van der Waals surface area contributed by atoms with Gasteiger partial charge in [-0.1, -0.05) is 12.1 Å². The van der Waals surface area contributed by atoms with Gasteiger partial charge < -0.3 is 21.1 Å². The lowest BCUT2D eigenvalue weighted by atomic mass is 9.85. The molecule has 9 nitrogen and oxygen atoms in total. The Labute approximate surface area is 162 Å². The normalized spacial score (nSPS) is 16.1. The van der Waals surface area contributed by atoms with Crippen LogP contribution >= 0.6 is 0 Å². The molecule has 0 aliphatic carbocycles. The van der Waals surface area contributed by atoms with Crippen molar-refractivity contribution in [2.24, 2.45) is 5.73 Å². The first-order chi connectivity index (χ1) is 13.1. The zero-order valence-corrected chi connectivity index (χ0v) is 16.0. The Hall–Kier alpha value is -3.36. The number of hydrogen-bond donors (Lipinski definition) is 4. The molecule has 1 aliphatic heterocycles. The van der Waals surface area contributed by atoms with Crippen molar-refractivity contribution in [1.82, 2.24) is 15.5 Å². The maximum Gasteiger partial charge on any atom is 0.267 e. The molecule has 148 valence electrons. The topological polar surface area (TPSA) is 139 Å². The van der Waals surface area contributed by atoms with E-state index in [-0.39, 0.29) is 42.0 Å². The number of aromatic amines is 1. The van der Waals surface area contributed by atoms with Crippen molar-refractivity contribution in [3.63, 3.8) is 0 Å². The van der Waals surface area contributed by atoms with Gasteiger partial charge in [0.1, 0.15) is 11.4 Å². The van der Waals surface area contributed by atoms with Crippen LogP contribution in [0, 0.1) is 0 Å². The van der Waals surface area contributed by atoms with E-state index in [0.717, 1.165) is 5.56 Å². The number of ether oxygens (including phenoxy) is 1. The smallest absolute Gasteiger partial charge is 0.267 e. The molecule has 1 aliphatic rings. The molecule has 0 radical (unpaired) electrons. The molecule has 1 unspecified atom stereocenters. The summed E-state index contributed by atoms with van der Waals surface area (Å²) in [5, 5.41) is 12.0. The molecule has 1 atom stereocenters. The number of carbonyl (C=O) groups is 3. The van der Waals surface area contributed by atoms with E-state index in [1.54, 1.807) is 24.3 Å². The van der Waals surface area contributed by atoms with Gasteiger partial charge in [0.15, 0.2) is 12.4 Å². The first-order valence-electron chi connectivity index (χ1n) is 8.86. The van der Waals surface area contributed by atoms with Gasteiger partial charge in [0, 0.05) is 23.4 Å². The number of fused-ring (bicyclic) bond motifs is 1. The Morgan fingerprint density at radius 3 is 2.57 bits per heavy atom. The number of H-pyrrole nitrogens is 1. The number of hydrogen-bond acceptors (Lipinski definition) is 5. The summed E-state index contributed by atoms with van der Waals surface area (Å²) in [4.78, 5) is 35.5. The van der Waals surface area contributed by atoms with E-state index in [1.165, 1.54) is 0 Å². The van der Waals surface area contributed by atoms with E-state index in [9.17, 15) is 14.4 Å². The van der Waals surface area contributed by atoms with Crippen molar-refractivity contribution in [2.45, 2.75) is 38.6 Å². The van der Waals surface area contributed by atoms with Crippen molar-refractivity contribution < 1.29 is 19.1 Å². The third-order valence-corrected chi connectivity index (χ3v) is 4.21. The Balaban J connectivity index is 1.76. The third-order valence-electron chi connectivity index (χ3n) is 4.21. The monoisotopic (exact) mass is 385 g/mol. The van der Waals surface area contributed by atoms with Gasteiger partial charge in [-0.15, -0.1) is 0 Å². The van der Waals surface area contributed by atoms with Crippen LogP contribution in [0.5, 0.6) is 5.75 Å². The quantitative estimate of drug-likeness (QED) is 0.614. The first-order valence-corrected chi connectivity index (χ1v) is 8.86. The van der Waals surface area contributed by atoms with Crippen molar-refractivity contribution >= 4 is 23.5 Å². The number of carbonyl (C=O) groups excluding carboxylic acids is 3. The van der Waals surface area contributed by atoms with E-state index in [4.69, 9.17) is 10.5 Å². The highest BCUT2D eigenvalue weighted by atomic mass is 16.5. The maximum absolute atomic E-state index is 12.0. The summed E-state index contributed by atoms with van der Waals surface area (Å²) in [6.45, 7) is 5.58. The van der Waals surface area contributed by atoms with Crippen molar-refractivity contribution in [2.75, 3.05) is 11.9 Å². The molecule has 3 amide bonds. The Bertz CT molecular complexity index is 911. The predicted octanol–water partition coefficient (Wildman–Crippen LogP) is 1.28. The third kappa shape index (κ3) is 4.30. The van der Waals surface area contributed by atoms with Gasteiger partial charge in [0.25, 0.3) is 11.8 Å². The number of aromatic nitrogens is 2. The molecule has 1 aromatic carbocycles. The van der Waals surface area contributed by atoms with Crippen LogP contribution in [0.4, 0.5) is 5.82 Å². The maximum atomic E-state index is 12.0. The highest BCUT2D eigenvalue weighted by Gasteiger charge is 2.33. The van der Waals surface area contributed by atoms with Crippen molar-refractivity contribution in [1.29, 1.82) is 0 Å². The number of benzene rings is 1. The van der Waals surface area contributed by atoms with E-state index in [1.807, 2.05) is 20.8 Å². The zero-order chi connectivity index (χ0) is 20.5. The second kappa shape index (κ2) is 7.34. The van der Waals surface area contributed by atoms with Gasteiger partial charge in [-0.3, -0.25) is 19.5 Å². The van der Waals surface area contributed by atoms with Crippen LogP contribution in [-0.2, 0) is 9.59 Å². The fourth-order valence-corrected chi connectivity index (χ4v) is 3.13. The molecule has 0 saturated heterocycles. The molecule has 1 aromatic heterocycles. The summed E-state index contributed by atoms with van der Waals surface area (Å²) in [6, 6.07) is 7.02. The van der Waals surface area contributed by atoms with E-state index in [0.29, 0.717) is 17.1 Å². The minimum atomic E-state index is -0.639. The lowest BCUT2D eigenvalue weighted by Gasteiger charge is -2.23. The number of amides is 3. The van der Waals surface area contributed by atoms with Crippen LogP contribution in [0.1, 0.15) is 54.7 Å². The van der Waals surface area contributed by atoms with Crippen LogP contribution in [0.2, 0.25) is 0 Å². The summed E-state index contributed by atoms with van der Waals surface area (Å²) in [5.41, 5.74) is 6.65. The second-order valence-corrected chi connectivity index (χ2v) is 7.69. The Kier molecular flexibility index (Phi) is 5.08. The summed E-state index contributed by atoms with van der Waals surface area (Å²) in [5.74, 6) is -0.568. The van der Waals surface area contributed by atoms with Gasteiger partial charge >= 0.3 is 0 Å². The van der Waals surface area contributed by atoms with Gasteiger partial charge in [-0.2, -0.15) is 5.10 Å². The van der Waals surface area contributed by atoms with Crippen molar-refractivity contribution in [3.05, 3.63) is 41.1 Å². The minimum Gasteiger partial charge on any atom is -0.484 e. The van der Waals surface area contributed by atoms with E-state index < -0.39 is 5.91 Å². The second-order valence-electron chi connectivity index (χ2n) is 7.69. The highest BCUT2D eigenvalue weighted by molar-refractivity contribution is 6.00. The summed E-state index contributed by atoms with van der Waals surface area (Å²) >= 11 is 0. The Morgan fingerprint density at radius 1 is 1.29 bits per heavy atom. The van der Waals surface area contributed by atoms with Gasteiger partial charge in [0.2, 0.25) is 5.91 Å². The molecule has 2 aromatic rings. The lowest BCUT2D eigenvalue weighted by molar-refractivity contribution is -0.124. The van der Waals surface area contributed by atoms with Crippen molar-refractivity contribution in [3.8, 4) is 5.75 Å². The fourth-order valence-electron chi connectivity index (χ4n) is 3.13. The Morgan fingerprint density at radius 2 is 1.96 bits per heavy atom. The fraction of sp³-hybridized carbons (Fsp3) is 0.368. The molecule has 0 spiro atoms. The number of nitrogens with two attached hydrogens (primary N) is 1. The molecule has 9 heteroatoms. The molecular formula is C19H23N5O4. The lowest BCUT2D eigenvalue weighted by Crippen LogP contribution is -2.43. The molecule has 0 bridgehead atoms. The summed E-state index contributed by atoms with van der Waals surface area (Å²) in [7, 11) is 0. The number of primary amides is 1. The molecular weight excluding hydrogens is 362 g/mol. The van der Waals surface area contributed by atoms with E-state index >= 15 is 0 Å². The number of rotatable bonds is 5. The van der Waals surface area contributed by atoms with Crippen LogP contribution in [0.3, 0.4) is 0 Å². The predicted molar refractivity (Wildman–Crippen MR) is 102 cm³/mol. The number of nitrogens with one attached hydrogen (secondary N) is 3. The highest BCUT2D eigenvalue weighted by Crippen LogP contribution is 2.38. The SMILES string of the molecule is CC(C)(C)NC(=O)COc1ccc(C2CC(=O)Nc3n[nH]c(C(N)=O)c32)cc1. The first kappa shape index (κ1) is 19.4. The summed E-state index contributed by atoms with van der Waals surface area (Å²) in [6.07, 6.45) is 0.168. The average molecular weight is 385 g/mol. The minimum absolute atomic E-state index is 0.0971. The molecule has 28 heavy (non-hydrogen) atoms. The van der Waals surface area contributed by atoms with Gasteiger partial charge in [-0.25, -0.2) is 0 Å². The number of nitrogens with zero attached hydrogens (tertiary/aromatic N) is 1. The van der Waals surface area contributed by atoms with Gasteiger partial charge in [-0.05, 0) is 38.5 Å². The molecule has 3 rings (SSSR count). The van der Waals surface area contributed by atoms with Gasteiger partial charge in [0.05, 0.1) is 0 Å².